The number of benzene rings is 2. The van der Waals surface area contributed by atoms with E-state index in [1.165, 1.54) is 0 Å². The summed E-state index contributed by atoms with van der Waals surface area (Å²) in [5.74, 6) is 0. The SMILES string of the molecule is Clc1c(I)cccc1-c1ccccc1. The van der Waals surface area contributed by atoms with E-state index in [1.807, 2.05) is 36.4 Å². The van der Waals surface area contributed by atoms with E-state index in [0.717, 1.165) is 19.7 Å². The molecule has 0 aromatic heterocycles. The number of rotatable bonds is 1. The Kier molecular flexibility index (Phi) is 3.08. The van der Waals surface area contributed by atoms with Gasteiger partial charge in [-0.2, -0.15) is 0 Å². The van der Waals surface area contributed by atoms with E-state index in [1.54, 1.807) is 0 Å². The molecule has 0 unspecified atom stereocenters. The van der Waals surface area contributed by atoms with Gasteiger partial charge >= 0.3 is 0 Å². The van der Waals surface area contributed by atoms with E-state index in [4.69, 9.17) is 11.6 Å². The van der Waals surface area contributed by atoms with Crippen molar-refractivity contribution >= 4 is 34.2 Å². The average molecular weight is 315 g/mol. The largest absolute Gasteiger partial charge is 0.0825 e. The Morgan fingerprint density at radius 3 is 2.29 bits per heavy atom. The molecular formula is C12H8ClI. The van der Waals surface area contributed by atoms with Crippen LogP contribution in [0.3, 0.4) is 0 Å². The second-order valence-corrected chi connectivity index (χ2v) is 4.51. The molecule has 0 aliphatic rings. The van der Waals surface area contributed by atoms with E-state index in [9.17, 15) is 0 Å². The van der Waals surface area contributed by atoms with E-state index >= 15 is 0 Å². The molecule has 14 heavy (non-hydrogen) atoms. The summed E-state index contributed by atoms with van der Waals surface area (Å²) in [6.45, 7) is 0. The predicted molar refractivity (Wildman–Crippen MR) is 69.6 cm³/mol. The van der Waals surface area contributed by atoms with Crippen LogP contribution in [0.5, 0.6) is 0 Å². The topological polar surface area (TPSA) is 0 Å². The predicted octanol–water partition coefficient (Wildman–Crippen LogP) is 4.61. The van der Waals surface area contributed by atoms with Crippen molar-refractivity contribution in [2.45, 2.75) is 0 Å². The molecule has 2 aromatic carbocycles. The van der Waals surface area contributed by atoms with Crippen molar-refractivity contribution in [3.63, 3.8) is 0 Å². The molecule has 2 aromatic rings. The highest BCUT2D eigenvalue weighted by Crippen LogP contribution is 2.30. The van der Waals surface area contributed by atoms with Crippen molar-refractivity contribution < 1.29 is 0 Å². The zero-order valence-corrected chi connectivity index (χ0v) is 10.3. The summed E-state index contributed by atoms with van der Waals surface area (Å²) in [7, 11) is 0. The van der Waals surface area contributed by atoms with Crippen molar-refractivity contribution in [2.24, 2.45) is 0 Å². The van der Waals surface area contributed by atoms with Crippen LogP contribution in [-0.2, 0) is 0 Å². The molecule has 0 fully saturated rings. The fraction of sp³-hybridized carbons (Fsp3) is 0. The minimum Gasteiger partial charge on any atom is -0.0825 e. The molecule has 0 saturated carbocycles. The highest BCUT2D eigenvalue weighted by molar-refractivity contribution is 14.1. The Balaban J connectivity index is 2.58. The van der Waals surface area contributed by atoms with E-state index in [-0.39, 0.29) is 0 Å². The summed E-state index contributed by atoms with van der Waals surface area (Å²) in [5.41, 5.74) is 2.26. The minimum absolute atomic E-state index is 0.833. The maximum absolute atomic E-state index is 6.22. The molecule has 0 saturated heterocycles. The summed E-state index contributed by atoms with van der Waals surface area (Å²) in [4.78, 5) is 0. The second-order valence-electron chi connectivity index (χ2n) is 2.97. The van der Waals surface area contributed by atoms with Gasteiger partial charge in [0.15, 0.2) is 0 Å². The molecule has 0 heterocycles. The zero-order valence-electron chi connectivity index (χ0n) is 7.37. The lowest BCUT2D eigenvalue weighted by Crippen LogP contribution is -1.81. The molecule has 0 amide bonds. The van der Waals surface area contributed by atoms with Crippen LogP contribution in [-0.4, -0.2) is 0 Å². The molecule has 70 valence electrons. The Morgan fingerprint density at radius 1 is 0.857 bits per heavy atom. The van der Waals surface area contributed by atoms with Crippen LogP contribution in [0.1, 0.15) is 0 Å². The van der Waals surface area contributed by atoms with Gasteiger partial charge in [-0.3, -0.25) is 0 Å². The van der Waals surface area contributed by atoms with Crippen molar-refractivity contribution in [3.8, 4) is 11.1 Å². The summed E-state index contributed by atoms with van der Waals surface area (Å²) in [6, 6.07) is 16.3. The number of halogens is 2. The molecule has 0 nitrogen and oxygen atoms in total. The van der Waals surface area contributed by atoms with Gasteiger partial charge in [0.25, 0.3) is 0 Å². The van der Waals surface area contributed by atoms with E-state index in [0.29, 0.717) is 0 Å². The van der Waals surface area contributed by atoms with Gasteiger partial charge in [0.05, 0.1) is 5.02 Å². The smallest absolute Gasteiger partial charge is 0.0617 e. The minimum atomic E-state index is 0.833. The van der Waals surface area contributed by atoms with Crippen molar-refractivity contribution in [1.82, 2.24) is 0 Å². The quantitative estimate of drug-likeness (QED) is 0.674. The monoisotopic (exact) mass is 314 g/mol. The Morgan fingerprint density at radius 2 is 1.57 bits per heavy atom. The molecule has 0 bridgehead atoms. The third kappa shape index (κ3) is 1.93. The summed E-state index contributed by atoms with van der Waals surface area (Å²) >= 11 is 8.47. The summed E-state index contributed by atoms with van der Waals surface area (Å²) in [6.07, 6.45) is 0. The second kappa shape index (κ2) is 4.32. The maximum atomic E-state index is 6.22. The van der Waals surface area contributed by atoms with Crippen LogP contribution in [0.4, 0.5) is 0 Å². The molecule has 0 aliphatic carbocycles. The van der Waals surface area contributed by atoms with Crippen molar-refractivity contribution in [2.75, 3.05) is 0 Å². The fourth-order valence-corrected chi connectivity index (χ4v) is 2.08. The van der Waals surface area contributed by atoms with E-state index < -0.39 is 0 Å². The first-order valence-electron chi connectivity index (χ1n) is 4.28. The highest BCUT2D eigenvalue weighted by Gasteiger charge is 2.04. The molecular weight excluding hydrogens is 306 g/mol. The maximum Gasteiger partial charge on any atom is 0.0617 e. The molecule has 2 heteroatoms. The van der Waals surface area contributed by atoms with Gasteiger partial charge in [0, 0.05) is 9.13 Å². The van der Waals surface area contributed by atoms with Gasteiger partial charge in [-0.05, 0) is 34.2 Å². The van der Waals surface area contributed by atoms with Crippen molar-refractivity contribution in [1.29, 1.82) is 0 Å². The van der Waals surface area contributed by atoms with Crippen LogP contribution in [0.25, 0.3) is 11.1 Å². The van der Waals surface area contributed by atoms with Crippen LogP contribution in [0.2, 0.25) is 5.02 Å². The van der Waals surface area contributed by atoms with Gasteiger partial charge in [0.1, 0.15) is 0 Å². The Labute approximate surface area is 102 Å². The molecule has 2 rings (SSSR count). The first-order chi connectivity index (χ1) is 6.79. The summed E-state index contributed by atoms with van der Waals surface area (Å²) in [5, 5.41) is 0.833. The van der Waals surface area contributed by atoms with Gasteiger partial charge in [0.2, 0.25) is 0 Å². The van der Waals surface area contributed by atoms with E-state index in [2.05, 4.69) is 34.7 Å². The number of hydrogen-bond donors (Lipinski definition) is 0. The van der Waals surface area contributed by atoms with Gasteiger partial charge in [-0.15, -0.1) is 0 Å². The lowest BCUT2D eigenvalue weighted by molar-refractivity contribution is 1.59. The Bertz CT molecular complexity index is 437. The third-order valence-electron chi connectivity index (χ3n) is 2.04. The van der Waals surface area contributed by atoms with Crippen molar-refractivity contribution in [3.05, 3.63) is 57.1 Å². The standard InChI is InChI=1S/C12H8ClI/c13-12-10(7-4-8-11(12)14)9-5-2-1-3-6-9/h1-8H. The molecule has 0 aliphatic heterocycles. The molecule has 0 N–H and O–H groups in total. The first-order valence-corrected chi connectivity index (χ1v) is 5.74. The molecule has 0 spiro atoms. The average Bonchev–Trinajstić information content (AvgIpc) is 2.23. The fourth-order valence-electron chi connectivity index (χ4n) is 1.34. The van der Waals surface area contributed by atoms with Crippen LogP contribution in [0.15, 0.2) is 48.5 Å². The highest BCUT2D eigenvalue weighted by atomic mass is 127. The Hall–Kier alpha value is -0.540. The summed E-state index contributed by atoms with van der Waals surface area (Å²) < 4.78 is 1.09. The zero-order chi connectivity index (χ0) is 9.97. The normalized spacial score (nSPS) is 10.1. The lowest BCUT2D eigenvalue weighted by Gasteiger charge is -2.05. The molecule has 0 radical (unpaired) electrons. The van der Waals surface area contributed by atoms with Gasteiger partial charge in [-0.25, -0.2) is 0 Å². The van der Waals surface area contributed by atoms with Gasteiger partial charge in [-0.1, -0.05) is 54.1 Å². The van der Waals surface area contributed by atoms with Crippen LogP contribution >= 0.6 is 34.2 Å². The number of hydrogen-bond acceptors (Lipinski definition) is 0. The van der Waals surface area contributed by atoms with Gasteiger partial charge < -0.3 is 0 Å². The third-order valence-corrected chi connectivity index (χ3v) is 3.66. The van der Waals surface area contributed by atoms with Crippen LogP contribution in [0, 0.1) is 3.57 Å². The molecule has 0 atom stereocenters. The first kappa shape index (κ1) is 9.99. The van der Waals surface area contributed by atoms with Crippen LogP contribution < -0.4 is 0 Å². The lowest BCUT2D eigenvalue weighted by atomic mass is 10.1.